The van der Waals surface area contributed by atoms with Crippen LogP contribution in [0.5, 0.6) is 0 Å². The van der Waals surface area contributed by atoms with Gasteiger partial charge in [0.15, 0.2) is 6.61 Å². The smallest absolute Gasteiger partial charge is 0.341 e. The Bertz CT molecular complexity index is 619. The number of carbonyl (C=O) groups is 2. The Labute approximate surface area is 146 Å². The summed E-state index contributed by atoms with van der Waals surface area (Å²) in [5, 5.41) is 11.5. The minimum atomic E-state index is -1.02. The van der Waals surface area contributed by atoms with E-state index in [9.17, 15) is 9.59 Å². The summed E-state index contributed by atoms with van der Waals surface area (Å²) in [6.45, 7) is -0.377. The molecule has 0 fully saturated rings. The van der Waals surface area contributed by atoms with E-state index in [0.717, 1.165) is 11.3 Å². The molecule has 0 saturated carbocycles. The second-order valence-electron chi connectivity index (χ2n) is 5.74. The molecule has 0 aromatic carbocycles. The largest absolute Gasteiger partial charge is 0.501 e. The lowest BCUT2D eigenvalue weighted by Gasteiger charge is -2.33. The van der Waals surface area contributed by atoms with Crippen LogP contribution in [0.3, 0.4) is 0 Å². The molecule has 0 aromatic heterocycles. The summed E-state index contributed by atoms with van der Waals surface area (Å²) in [5.74, 6) is 0.339. The molecule has 2 rings (SSSR count). The zero-order chi connectivity index (χ0) is 18.2. The van der Waals surface area contributed by atoms with Gasteiger partial charge in [0.1, 0.15) is 5.76 Å². The second kappa shape index (κ2) is 9.08. The first kappa shape index (κ1) is 18.8. The zero-order valence-corrected chi connectivity index (χ0v) is 14.3. The number of carboxylic acid groups (broad SMARTS) is 1. The van der Waals surface area contributed by atoms with E-state index in [0.29, 0.717) is 25.0 Å². The van der Waals surface area contributed by atoms with Crippen LogP contribution in [0.2, 0.25) is 0 Å². The lowest BCUT2D eigenvalue weighted by Crippen LogP contribution is -2.41. The van der Waals surface area contributed by atoms with Gasteiger partial charge in [0.2, 0.25) is 6.41 Å². The molecule has 7 heteroatoms. The highest BCUT2D eigenvalue weighted by molar-refractivity contribution is 5.68. The topological polar surface area (TPSA) is 94.1 Å². The standard InChI is InChI=1S/C18H23NO6/c1-23-14-7-8-15(16(9-14)24-2)18(19-11-20)12-3-5-13(6-4-12)25-10-17(21)22/h3,5-8,11-12,16,18H,4,9-10H2,1-2H3,(H,19,20)(H,21,22). The van der Waals surface area contributed by atoms with E-state index in [4.69, 9.17) is 19.3 Å². The number of methoxy groups -OCH3 is 2. The third-order valence-corrected chi connectivity index (χ3v) is 4.26. The number of carboxylic acids is 1. The highest BCUT2D eigenvalue weighted by atomic mass is 16.5. The predicted octanol–water partition coefficient (Wildman–Crippen LogP) is 1.54. The van der Waals surface area contributed by atoms with Crippen LogP contribution in [0.15, 0.2) is 47.5 Å². The normalized spacial score (nSPS) is 23.7. The van der Waals surface area contributed by atoms with Crippen molar-refractivity contribution in [1.29, 1.82) is 0 Å². The van der Waals surface area contributed by atoms with Gasteiger partial charge in [0, 0.05) is 19.4 Å². The lowest BCUT2D eigenvalue weighted by atomic mass is 9.83. The molecule has 0 radical (unpaired) electrons. The van der Waals surface area contributed by atoms with Crippen molar-refractivity contribution in [3.05, 3.63) is 47.5 Å². The first-order chi connectivity index (χ1) is 12.1. The predicted molar refractivity (Wildman–Crippen MR) is 90.5 cm³/mol. The minimum absolute atomic E-state index is 0.0174. The van der Waals surface area contributed by atoms with Crippen molar-refractivity contribution in [2.24, 2.45) is 5.92 Å². The van der Waals surface area contributed by atoms with E-state index in [1.54, 1.807) is 20.3 Å². The number of hydrogen-bond donors (Lipinski definition) is 2. The molecule has 0 aliphatic heterocycles. The van der Waals surface area contributed by atoms with Gasteiger partial charge in [-0.1, -0.05) is 12.2 Å². The molecule has 2 aliphatic rings. The van der Waals surface area contributed by atoms with Crippen LogP contribution in [0.25, 0.3) is 0 Å². The number of allylic oxidation sites excluding steroid dienone is 4. The Morgan fingerprint density at radius 1 is 1.44 bits per heavy atom. The highest BCUT2D eigenvalue weighted by Gasteiger charge is 2.31. The summed E-state index contributed by atoms with van der Waals surface area (Å²) < 4.78 is 16.0. The van der Waals surface area contributed by atoms with Gasteiger partial charge in [-0.05, 0) is 30.2 Å². The molecule has 2 N–H and O–H groups in total. The Hall–Kier alpha value is -2.54. The Kier molecular flexibility index (Phi) is 6.82. The second-order valence-corrected chi connectivity index (χ2v) is 5.74. The number of ether oxygens (including phenoxy) is 3. The van der Waals surface area contributed by atoms with Gasteiger partial charge >= 0.3 is 5.97 Å². The van der Waals surface area contributed by atoms with Crippen LogP contribution >= 0.6 is 0 Å². The van der Waals surface area contributed by atoms with E-state index < -0.39 is 5.97 Å². The molecular formula is C18H23NO6. The van der Waals surface area contributed by atoms with Crippen molar-refractivity contribution in [2.45, 2.75) is 25.0 Å². The first-order valence-electron chi connectivity index (χ1n) is 7.99. The molecule has 3 unspecified atom stereocenters. The summed E-state index contributed by atoms with van der Waals surface area (Å²) in [5.41, 5.74) is 0.966. The summed E-state index contributed by atoms with van der Waals surface area (Å²) in [6.07, 6.45) is 11.0. The van der Waals surface area contributed by atoms with Gasteiger partial charge in [-0.2, -0.15) is 0 Å². The number of rotatable bonds is 9. The third kappa shape index (κ3) is 4.96. The number of carbonyl (C=O) groups excluding carboxylic acids is 1. The van der Waals surface area contributed by atoms with Crippen molar-refractivity contribution >= 4 is 12.4 Å². The van der Waals surface area contributed by atoms with E-state index in [1.807, 2.05) is 24.3 Å². The molecule has 3 atom stereocenters. The molecule has 0 aromatic rings. The van der Waals surface area contributed by atoms with Gasteiger partial charge in [-0.15, -0.1) is 0 Å². The SMILES string of the molecule is COC1=CC=C(C(NC=O)C2C=CC(OCC(=O)O)=CC2)C(OC)C1. The van der Waals surface area contributed by atoms with Crippen LogP contribution in [-0.4, -0.2) is 50.5 Å². The molecule has 7 nitrogen and oxygen atoms in total. The Morgan fingerprint density at radius 3 is 2.80 bits per heavy atom. The zero-order valence-electron chi connectivity index (χ0n) is 14.3. The maximum atomic E-state index is 11.1. The Morgan fingerprint density at radius 2 is 2.24 bits per heavy atom. The van der Waals surface area contributed by atoms with Gasteiger partial charge in [0.05, 0.1) is 25.0 Å². The maximum Gasteiger partial charge on any atom is 0.341 e. The van der Waals surface area contributed by atoms with Crippen molar-refractivity contribution in [2.75, 3.05) is 20.8 Å². The number of amides is 1. The van der Waals surface area contributed by atoms with Crippen LogP contribution in [0, 0.1) is 5.92 Å². The van der Waals surface area contributed by atoms with Crippen LogP contribution in [-0.2, 0) is 23.8 Å². The van der Waals surface area contributed by atoms with E-state index in [1.165, 1.54) is 0 Å². The number of aliphatic carboxylic acids is 1. The first-order valence-corrected chi connectivity index (χ1v) is 7.99. The molecular weight excluding hydrogens is 326 g/mol. The molecule has 25 heavy (non-hydrogen) atoms. The van der Waals surface area contributed by atoms with Crippen molar-refractivity contribution < 1.29 is 28.9 Å². The molecule has 0 heterocycles. The van der Waals surface area contributed by atoms with Crippen molar-refractivity contribution in [1.82, 2.24) is 5.32 Å². The minimum Gasteiger partial charge on any atom is -0.501 e. The van der Waals surface area contributed by atoms with Gasteiger partial charge < -0.3 is 24.6 Å². The van der Waals surface area contributed by atoms with Crippen LogP contribution < -0.4 is 5.32 Å². The fourth-order valence-corrected chi connectivity index (χ4v) is 3.00. The molecule has 2 aliphatic carbocycles. The van der Waals surface area contributed by atoms with Gasteiger partial charge in [-0.25, -0.2) is 4.79 Å². The van der Waals surface area contributed by atoms with Crippen LogP contribution in [0.1, 0.15) is 12.8 Å². The quantitative estimate of drug-likeness (QED) is 0.613. The average Bonchev–Trinajstić information content (AvgIpc) is 2.64. The summed E-state index contributed by atoms with van der Waals surface area (Å²) >= 11 is 0. The fourth-order valence-electron chi connectivity index (χ4n) is 3.00. The fraction of sp³-hybridized carbons (Fsp3) is 0.444. The van der Waals surface area contributed by atoms with Gasteiger partial charge in [-0.3, -0.25) is 4.79 Å². The molecule has 0 bridgehead atoms. The van der Waals surface area contributed by atoms with Crippen molar-refractivity contribution in [3.63, 3.8) is 0 Å². The molecule has 0 spiro atoms. The monoisotopic (exact) mass is 349 g/mol. The van der Waals surface area contributed by atoms with E-state index >= 15 is 0 Å². The van der Waals surface area contributed by atoms with Crippen molar-refractivity contribution in [3.8, 4) is 0 Å². The highest BCUT2D eigenvalue weighted by Crippen LogP contribution is 2.31. The molecule has 0 saturated heterocycles. The summed E-state index contributed by atoms with van der Waals surface area (Å²) in [6, 6.07) is -0.231. The number of hydrogen-bond acceptors (Lipinski definition) is 5. The average molecular weight is 349 g/mol. The summed E-state index contributed by atoms with van der Waals surface area (Å²) in [7, 11) is 3.25. The third-order valence-electron chi connectivity index (χ3n) is 4.26. The maximum absolute atomic E-state index is 11.1. The van der Waals surface area contributed by atoms with Gasteiger partial charge in [0.25, 0.3) is 0 Å². The lowest BCUT2D eigenvalue weighted by molar-refractivity contribution is -0.140. The molecule has 1 amide bonds. The number of nitrogens with one attached hydrogen (secondary N) is 1. The summed E-state index contributed by atoms with van der Waals surface area (Å²) in [4.78, 5) is 21.7. The Balaban J connectivity index is 2.12. The molecule has 136 valence electrons. The van der Waals surface area contributed by atoms with E-state index in [-0.39, 0.29) is 24.7 Å². The van der Waals surface area contributed by atoms with Crippen LogP contribution in [0.4, 0.5) is 0 Å². The van der Waals surface area contributed by atoms with E-state index in [2.05, 4.69) is 5.32 Å².